The van der Waals surface area contributed by atoms with Crippen LogP contribution in [-0.2, 0) is 4.79 Å². The van der Waals surface area contributed by atoms with Crippen LogP contribution in [0.4, 0.5) is 0 Å². The summed E-state index contributed by atoms with van der Waals surface area (Å²) >= 11 is 0. The first-order valence-corrected chi connectivity index (χ1v) is 5.29. The molecular formula is C10H21N3O. The monoisotopic (exact) mass is 199 g/mol. The van der Waals surface area contributed by atoms with Gasteiger partial charge >= 0.3 is 0 Å². The number of nitrogens with zero attached hydrogens (tertiary/aromatic N) is 1. The number of nitrogens with one attached hydrogen (secondary N) is 1. The summed E-state index contributed by atoms with van der Waals surface area (Å²) in [5, 5.41) is 0. The second-order valence-corrected chi connectivity index (χ2v) is 4.58. The molecule has 0 aromatic carbocycles. The summed E-state index contributed by atoms with van der Waals surface area (Å²) in [5.74, 6) is 6.38. The molecule has 82 valence electrons. The average Bonchev–Trinajstić information content (AvgIpc) is 2.14. The van der Waals surface area contributed by atoms with E-state index in [1.54, 1.807) is 0 Å². The number of carbonyl (C=O) groups excluding carboxylic acids is 1. The SMILES string of the molecule is C[C@@H]1C[C@@H](C)CN([C@H](C)C(=O)NN)C1. The molecule has 0 aromatic rings. The van der Waals surface area contributed by atoms with Crippen molar-refractivity contribution >= 4 is 5.91 Å². The van der Waals surface area contributed by atoms with Crippen molar-refractivity contribution < 1.29 is 4.79 Å². The molecule has 0 spiro atoms. The van der Waals surface area contributed by atoms with Crippen molar-refractivity contribution in [2.75, 3.05) is 13.1 Å². The van der Waals surface area contributed by atoms with Crippen LogP contribution in [0.3, 0.4) is 0 Å². The van der Waals surface area contributed by atoms with Crippen LogP contribution in [0.1, 0.15) is 27.2 Å². The van der Waals surface area contributed by atoms with Gasteiger partial charge in [0.2, 0.25) is 0 Å². The van der Waals surface area contributed by atoms with Gasteiger partial charge in [-0.25, -0.2) is 5.84 Å². The van der Waals surface area contributed by atoms with Crippen molar-refractivity contribution in [3.8, 4) is 0 Å². The minimum absolute atomic E-state index is 0.0914. The fourth-order valence-electron chi connectivity index (χ4n) is 2.31. The number of piperidine rings is 1. The van der Waals surface area contributed by atoms with Gasteiger partial charge in [-0.05, 0) is 25.2 Å². The van der Waals surface area contributed by atoms with Crippen molar-refractivity contribution in [2.45, 2.75) is 33.2 Å². The molecule has 0 radical (unpaired) electrons. The van der Waals surface area contributed by atoms with Crippen LogP contribution >= 0.6 is 0 Å². The Balaban J connectivity index is 2.54. The lowest BCUT2D eigenvalue weighted by atomic mass is 9.91. The molecule has 0 aromatic heterocycles. The van der Waals surface area contributed by atoms with Crippen LogP contribution in [0, 0.1) is 11.8 Å². The average molecular weight is 199 g/mol. The Bertz CT molecular complexity index is 198. The molecule has 3 N–H and O–H groups in total. The van der Waals surface area contributed by atoms with Gasteiger partial charge in [0, 0.05) is 13.1 Å². The predicted molar refractivity (Wildman–Crippen MR) is 56.3 cm³/mol. The Hall–Kier alpha value is -0.610. The van der Waals surface area contributed by atoms with Gasteiger partial charge in [0.15, 0.2) is 0 Å². The van der Waals surface area contributed by atoms with Crippen LogP contribution in [0.5, 0.6) is 0 Å². The van der Waals surface area contributed by atoms with E-state index in [0.29, 0.717) is 11.8 Å². The number of rotatable bonds is 2. The molecule has 1 aliphatic heterocycles. The fourth-order valence-corrected chi connectivity index (χ4v) is 2.31. The van der Waals surface area contributed by atoms with Crippen LogP contribution in [0.15, 0.2) is 0 Å². The number of carbonyl (C=O) groups is 1. The van der Waals surface area contributed by atoms with Crippen molar-refractivity contribution in [1.29, 1.82) is 0 Å². The number of hydrogen-bond donors (Lipinski definition) is 2. The molecule has 4 heteroatoms. The van der Waals surface area contributed by atoms with E-state index in [9.17, 15) is 4.79 Å². The van der Waals surface area contributed by atoms with Gasteiger partial charge in [-0.15, -0.1) is 0 Å². The van der Waals surface area contributed by atoms with Crippen molar-refractivity contribution in [3.63, 3.8) is 0 Å². The van der Waals surface area contributed by atoms with E-state index in [1.807, 2.05) is 6.92 Å². The lowest BCUT2D eigenvalue weighted by Crippen LogP contribution is -2.51. The van der Waals surface area contributed by atoms with E-state index < -0.39 is 0 Å². The van der Waals surface area contributed by atoms with Gasteiger partial charge in [-0.3, -0.25) is 15.1 Å². The molecule has 1 heterocycles. The summed E-state index contributed by atoms with van der Waals surface area (Å²) in [7, 11) is 0. The third-order valence-electron chi connectivity index (χ3n) is 2.97. The Labute approximate surface area is 85.8 Å². The minimum atomic E-state index is -0.106. The van der Waals surface area contributed by atoms with E-state index >= 15 is 0 Å². The number of nitrogens with two attached hydrogens (primary N) is 1. The lowest BCUT2D eigenvalue weighted by Gasteiger charge is -2.37. The highest BCUT2D eigenvalue weighted by Crippen LogP contribution is 2.22. The van der Waals surface area contributed by atoms with Crippen LogP contribution < -0.4 is 11.3 Å². The van der Waals surface area contributed by atoms with Crippen LogP contribution in [0.2, 0.25) is 0 Å². The van der Waals surface area contributed by atoms with Gasteiger partial charge in [-0.1, -0.05) is 13.8 Å². The maximum absolute atomic E-state index is 11.3. The Morgan fingerprint density at radius 2 is 1.93 bits per heavy atom. The summed E-state index contributed by atoms with van der Waals surface area (Å²) in [6, 6.07) is -0.106. The van der Waals surface area contributed by atoms with Crippen LogP contribution in [-0.4, -0.2) is 29.9 Å². The number of hydrazine groups is 1. The molecule has 1 aliphatic rings. The first-order chi connectivity index (χ1) is 6.54. The molecule has 4 nitrogen and oxygen atoms in total. The zero-order valence-electron chi connectivity index (χ0n) is 9.29. The summed E-state index contributed by atoms with van der Waals surface area (Å²) in [4.78, 5) is 13.6. The quantitative estimate of drug-likeness (QED) is 0.383. The molecule has 0 bridgehead atoms. The van der Waals surface area contributed by atoms with Crippen LogP contribution in [0.25, 0.3) is 0 Å². The highest BCUT2D eigenvalue weighted by molar-refractivity contribution is 5.80. The highest BCUT2D eigenvalue weighted by atomic mass is 16.2. The molecule has 1 rings (SSSR count). The van der Waals surface area contributed by atoms with Crippen molar-refractivity contribution in [1.82, 2.24) is 10.3 Å². The standard InChI is InChI=1S/C10H21N3O/c1-7-4-8(2)6-13(5-7)9(3)10(14)12-11/h7-9H,4-6,11H2,1-3H3,(H,12,14)/t7-,8-,9-/m1/s1. The maximum atomic E-state index is 11.3. The second kappa shape index (κ2) is 4.75. The minimum Gasteiger partial charge on any atom is -0.293 e. The van der Waals surface area contributed by atoms with Gasteiger partial charge in [0.05, 0.1) is 6.04 Å². The maximum Gasteiger partial charge on any atom is 0.250 e. The first kappa shape index (κ1) is 11.5. The molecule has 0 aliphatic carbocycles. The number of amides is 1. The summed E-state index contributed by atoms with van der Waals surface area (Å²) in [6.07, 6.45) is 1.26. The number of likely N-dealkylation sites (tertiary alicyclic amines) is 1. The Kier molecular flexibility index (Phi) is 3.89. The lowest BCUT2D eigenvalue weighted by molar-refractivity contribution is -0.126. The number of hydrogen-bond acceptors (Lipinski definition) is 3. The second-order valence-electron chi connectivity index (χ2n) is 4.58. The molecule has 1 saturated heterocycles. The van der Waals surface area contributed by atoms with E-state index in [4.69, 9.17) is 5.84 Å². The summed E-state index contributed by atoms with van der Waals surface area (Å²) < 4.78 is 0. The largest absolute Gasteiger partial charge is 0.293 e. The summed E-state index contributed by atoms with van der Waals surface area (Å²) in [6.45, 7) is 8.37. The summed E-state index contributed by atoms with van der Waals surface area (Å²) in [5.41, 5.74) is 2.21. The van der Waals surface area contributed by atoms with Gasteiger partial charge < -0.3 is 0 Å². The van der Waals surface area contributed by atoms with E-state index in [1.165, 1.54) is 6.42 Å². The topological polar surface area (TPSA) is 58.4 Å². The van der Waals surface area contributed by atoms with Gasteiger partial charge in [-0.2, -0.15) is 0 Å². The fraction of sp³-hybridized carbons (Fsp3) is 0.900. The third-order valence-corrected chi connectivity index (χ3v) is 2.97. The Morgan fingerprint density at radius 3 is 2.36 bits per heavy atom. The molecule has 3 atom stereocenters. The van der Waals surface area contributed by atoms with Gasteiger partial charge in [0.1, 0.15) is 0 Å². The Morgan fingerprint density at radius 1 is 1.43 bits per heavy atom. The molecular weight excluding hydrogens is 178 g/mol. The molecule has 14 heavy (non-hydrogen) atoms. The predicted octanol–water partition coefficient (Wildman–Crippen LogP) is 0.343. The molecule has 1 fully saturated rings. The van der Waals surface area contributed by atoms with Gasteiger partial charge in [0.25, 0.3) is 5.91 Å². The van der Waals surface area contributed by atoms with E-state index in [0.717, 1.165) is 13.1 Å². The first-order valence-electron chi connectivity index (χ1n) is 5.29. The van der Waals surface area contributed by atoms with Crippen molar-refractivity contribution in [2.24, 2.45) is 17.7 Å². The zero-order chi connectivity index (χ0) is 10.7. The molecule has 0 unspecified atom stereocenters. The smallest absolute Gasteiger partial charge is 0.250 e. The highest BCUT2D eigenvalue weighted by Gasteiger charge is 2.28. The molecule has 1 amide bonds. The molecule has 0 saturated carbocycles. The van der Waals surface area contributed by atoms with Crippen molar-refractivity contribution in [3.05, 3.63) is 0 Å². The van der Waals surface area contributed by atoms with E-state index in [2.05, 4.69) is 24.2 Å². The third kappa shape index (κ3) is 2.69. The normalized spacial score (nSPS) is 31.1. The van der Waals surface area contributed by atoms with E-state index in [-0.39, 0.29) is 11.9 Å². The zero-order valence-corrected chi connectivity index (χ0v) is 9.29.